The number of aromatic nitrogens is 2. The molecule has 1 N–H and O–H groups in total. The van der Waals surface area contributed by atoms with Crippen LogP contribution in [0.15, 0.2) is 53.1 Å². The van der Waals surface area contributed by atoms with E-state index >= 15 is 0 Å². The standard InChI is InChI=1S/C18H16ClN3O3/c1-11(24-16-8-4-6-14(19)10-16)18(23)21-15-7-3-5-13(9-15)17-20-12(2)25-22-17/h3-11H,1-2H3,(H,21,23)/t11-/m1/s1. The van der Waals surface area contributed by atoms with E-state index in [1.165, 1.54) is 0 Å². The SMILES string of the molecule is Cc1nc(-c2cccc(NC(=O)[C@@H](C)Oc3cccc(Cl)c3)c2)no1. The van der Waals surface area contributed by atoms with E-state index < -0.39 is 6.10 Å². The summed E-state index contributed by atoms with van der Waals surface area (Å²) in [6.07, 6.45) is -0.686. The number of hydrogen-bond donors (Lipinski definition) is 1. The Morgan fingerprint density at radius 1 is 1.24 bits per heavy atom. The molecule has 1 amide bonds. The predicted octanol–water partition coefficient (Wildman–Crippen LogP) is 4.10. The molecule has 0 spiro atoms. The van der Waals surface area contributed by atoms with E-state index in [-0.39, 0.29) is 5.91 Å². The van der Waals surface area contributed by atoms with Crippen molar-refractivity contribution in [1.29, 1.82) is 0 Å². The topological polar surface area (TPSA) is 77.2 Å². The Bertz CT molecular complexity index is 895. The zero-order valence-corrected chi connectivity index (χ0v) is 14.4. The second-order valence-corrected chi connectivity index (χ2v) is 5.86. The lowest BCUT2D eigenvalue weighted by Crippen LogP contribution is -2.30. The molecule has 3 rings (SSSR count). The van der Waals surface area contributed by atoms with Crippen LogP contribution in [0, 0.1) is 6.92 Å². The van der Waals surface area contributed by atoms with Crippen LogP contribution in [0.2, 0.25) is 5.02 Å². The number of hydrogen-bond acceptors (Lipinski definition) is 5. The first-order valence-corrected chi connectivity index (χ1v) is 8.03. The van der Waals surface area contributed by atoms with Crippen molar-refractivity contribution in [2.24, 2.45) is 0 Å². The van der Waals surface area contributed by atoms with Crippen LogP contribution < -0.4 is 10.1 Å². The largest absolute Gasteiger partial charge is 0.481 e. The van der Waals surface area contributed by atoms with Crippen molar-refractivity contribution in [3.8, 4) is 17.1 Å². The molecule has 1 aromatic heterocycles. The van der Waals surface area contributed by atoms with E-state index in [0.717, 1.165) is 5.56 Å². The van der Waals surface area contributed by atoms with Crippen LogP contribution in [0.4, 0.5) is 5.69 Å². The molecule has 1 atom stereocenters. The van der Waals surface area contributed by atoms with Crippen LogP contribution in [-0.4, -0.2) is 22.2 Å². The minimum atomic E-state index is -0.686. The van der Waals surface area contributed by atoms with Crippen molar-refractivity contribution in [1.82, 2.24) is 10.1 Å². The maximum Gasteiger partial charge on any atom is 0.265 e. The van der Waals surface area contributed by atoms with Gasteiger partial charge in [-0.1, -0.05) is 35.0 Å². The van der Waals surface area contributed by atoms with Crippen LogP contribution >= 0.6 is 11.6 Å². The van der Waals surface area contributed by atoms with Crippen molar-refractivity contribution in [3.05, 3.63) is 59.4 Å². The van der Waals surface area contributed by atoms with Crippen molar-refractivity contribution in [2.45, 2.75) is 20.0 Å². The molecule has 6 nitrogen and oxygen atoms in total. The zero-order valence-electron chi connectivity index (χ0n) is 13.7. The van der Waals surface area contributed by atoms with Crippen molar-refractivity contribution >= 4 is 23.2 Å². The van der Waals surface area contributed by atoms with E-state index in [4.69, 9.17) is 20.9 Å². The third kappa shape index (κ3) is 4.36. The summed E-state index contributed by atoms with van der Waals surface area (Å²) in [6, 6.07) is 14.1. The monoisotopic (exact) mass is 357 g/mol. The summed E-state index contributed by atoms with van der Waals surface area (Å²) in [7, 11) is 0. The van der Waals surface area contributed by atoms with Crippen LogP contribution in [0.1, 0.15) is 12.8 Å². The number of rotatable bonds is 5. The lowest BCUT2D eigenvalue weighted by Gasteiger charge is -2.15. The first kappa shape index (κ1) is 17.0. The normalized spacial score (nSPS) is 11.8. The highest BCUT2D eigenvalue weighted by Gasteiger charge is 2.16. The van der Waals surface area contributed by atoms with E-state index in [1.54, 1.807) is 56.3 Å². The Morgan fingerprint density at radius 2 is 2.04 bits per heavy atom. The minimum absolute atomic E-state index is 0.276. The van der Waals surface area contributed by atoms with Gasteiger partial charge in [0.05, 0.1) is 0 Å². The third-order valence-electron chi connectivity index (χ3n) is 3.39. The highest BCUT2D eigenvalue weighted by Crippen LogP contribution is 2.21. The first-order valence-electron chi connectivity index (χ1n) is 7.65. The number of carbonyl (C=O) groups is 1. The molecule has 0 unspecified atom stereocenters. The zero-order chi connectivity index (χ0) is 17.8. The number of aryl methyl sites for hydroxylation is 1. The van der Waals surface area contributed by atoms with Gasteiger partial charge in [0.2, 0.25) is 11.7 Å². The van der Waals surface area contributed by atoms with E-state index in [9.17, 15) is 4.79 Å². The van der Waals surface area contributed by atoms with Gasteiger partial charge in [0, 0.05) is 23.2 Å². The molecule has 0 fully saturated rings. The summed E-state index contributed by atoms with van der Waals surface area (Å²) >= 11 is 5.91. The number of nitrogens with one attached hydrogen (secondary N) is 1. The van der Waals surface area contributed by atoms with E-state index in [0.29, 0.717) is 28.2 Å². The molecule has 3 aromatic rings. The minimum Gasteiger partial charge on any atom is -0.481 e. The van der Waals surface area contributed by atoms with Gasteiger partial charge >= 0.3 is 0 Å². The molecule has 2 aromatic carbocycles. The average molecular weight is 358 g/mol. The maximum atomic E-state index is 12.3. The Kier molecular flexibility index (Phi) is 5.00. The summed E-state index contributed by atoms with van der Waals surface area (Å²) in [5.74, 6) is 1.21. The van der Waals surface area contributed by atoms with Gasteiger partial charge in [-0.3, -0.25) is 4.79 Å². The summed E-state index contributed by atoms with van der Waals surface area (Å²) < 4.78 is 10.6. The number of ether oxygens (including phenoxy) is 1. The molecule has 0 aliphatic heterocycles. The Balaban J connectivity index is 1.68. The quantitative estimate of drug-likeness (QED) is 0.743. The first-order chi connectivity index (χ1) is 12.0. The van der Waals surface area contributed by atoms with Crippen molar-refractivity contribution < 1.29 is 14.1 Å². The Labute approximate surface area is 149 Å². The number of halogens is 1. The molecule has 7 heteroatoms. The number of amides is 1. The van der Waals surface area contributed by atoms with Gasteiger partial charge in [-0.25, -0.2) is 0 Å². The summed E-state index contributed by atoms with van der Waals surface area (Å²) in [6.45, 7) is 3.39. The van der Waals surface area contributed by atoms with Crippen LogP contribution in [0.25, 0.3) is 11.4 Å². The van der Waals surface area contributed by atoms with Gasteiger partial charge in [0.1, 0.15) is 5.75 Å². The molecule has 128 valence electrons. The summed E-state index contributed by atoms with van der Waals surface area (Å²) in [4.78, 5) is 16.5. The smallest absolute Gasteiger partial charge is 0.265 e. The van der Waals surface area contributed by atoms with Gasteiger partial charge in [0.15, 0.2) is 6.10 Å². The average Bonchev–Trinajstić information content (AvgIpc) is 3.01. The number of carbonyl (C=O) groups excluding carboxylic acids is 1. The lowest BCUT2D eigenvalue weighted by molar-refractivity contribution is -0.122. The summed E-state index contributed by atoms with van der Waals surface area (Å²) in [5.41, 5.74) is 1.37. The van der Waals surface area contributed by atoms with Gasteiger partial charge in [-0.15, -0.1) is 0 Å². The molecule has 0 bridgehead atoms. The third-order valence-corrected chi connectivity index (χ3v) is 3.63. The van der Waals surface area contributed by atoms with E-state index in [1.807, 2.05) is 6.07 Å². The highest BCUT2D eigenvalue weighted by atomic mass is 35.5. The fourth-order valence-electron chi connectivity index (χ4n) is 2.19. The van der Waals surface area contributed by atoms with Crippen LogP contribution in [-0.2, 0) is 4.79 Å². The van der Waals surface area contributed by atoms with E-state index in [2.05, 4.69) is 15.5 Å². The number of benzene rings is 2. The molecule has 0 saturated carbocycles. The van der Waals surface area contributed by atoms with Gasteiger partial charge in [-0.05, 0) is 37.3 Å². The van der Waals surface area contributed by atoms with Gasteiger partial charge in [0.25, 0.3) is 5.91 Å². The second kappa shape index (κ2) is 7.36. The molecule has 0 aliphatic carbocycles. The molecule has 0 aliphatic rings. The molecule has 1 heterocycles. The van der Waals surface area contributed by atoms with Crippen molar-refractivity contribution in [3.63, 3.8) is 0 Å². The van der Waals surface area contributed by atoms with Gasteiger partial charge < -0.3 is 14.6 Å². The Hall–Kier alpha value is -2.86. The molecule has 0 saturated heterocycles. The van der Waals surface area contributed by atoms with Crippen LogP contribution in [0.3, 0.4) is 0 Å². The second-order valence-electron chi connectivity index (χ2n) is 5.42. The Morgan fingerprint density at radius 3 is 2.76 bits per heavy atom. The lowest BCUT2D eigenvalue weighted by atomic mass is 10.2. The predicted molar refractivity (Wildman–Crippen MR) is 94.6 cm³/mol. The number of anilines is 1. The van der Waals surface area contributed by atoms with Crippen molar-refractivity contribution in [2.75, 3.05) is 5.32 Å². The summed E-state index contributed by atoms with van der Waals surface area (Å²) in [5, 5.41) is 7.23. The maximum absolute atomic E-state index is 12.3. The fourth-order valence-corrected chi connectivity index (χ4v) is 2.37. The highest BCUT2D eigenvalue weighted by molar-refractivity contribution is 6.30. The fraction of sp³-hybridized carbons (Fsp3) is 0.167. The van der Waals surface area contributed by atoms with Gasteiger partial charge in [-0.2, -0.15) is 4.98 Å². The molecule has 0 radical (unpaired) electrons. The molecular weight excluding hydrogens is 342 g/mol. The molecular formula is C18H16ClN3O3. The number of nitrogens with zero attached hydrogens (tertiary/aromatic N) is 2. The van der Waals surface area contributed by atoms with Crippen LogP contribution in [0.5, 0.6) is 5.75 Å². The molecule has 25 heavy (non-hydrogen) atoms.